The summed E-state index contributed by atoms with van der Waals surface area (Å²) in [6.07, 6.45) is -0.439. The van der Waals surface area contributed by atoms with Crippen LogP contribution < -0.4 is 11.1 Å². The van der Waals surface area contributed by atoms with E-state index >= 15 is 0 Å². The molecule has 0 fully saturated rings. The van der Waals surface area contributed by atoms with Gasteiger partial charge in [-0.05, 0) is 40.0 Å². The van der Waals surface area contributed by atoms with Crippen LogP contribution in [-0.2, 0) is 4.74 Å². The molecule has 3 N–H and O–H groups in total. The number of alkyl carbamates (subject to hydrolysis) is 1. The smallest absolute Gasteiger partial charge is 0.406 e. The summed E-state index contributed by atoms with van der Waals surface area (Å²) in [6.45, 7) is 9.21. The van der Waals surface area contributed by atoms with Crippen molar-refractivity contribution in [1.29, 1.82) is 0 Å². The molecule has 15 heavy (non-hydrogen) atoms. The molecule has 0 aromatic heterocycles. The second kappa shape index (κ2) is 4.08. The van der Waals surface area contributed by atoms with E-state index in [-0.39, 0.29) is 0 Å². The lowest BCUT2D eigenvalue weighted by Gasteiger charge is -2.40. The highest BCUT2D eigenvalue weighted by Gasteiger charge is 2.35. The summed E-state index contributed by atoms with van der Waals surface area (Å²) >= 11 is 0. The fourth-order valence-corrected chi connectivity index (χ4v) is 0.720. The molecule has 4 nitrogen and oxygen atoms in total. The fourth-order valence-electron chi connectivity index (χ4n) is 0.720. The van der Waals surface area contributed by atoms with Gasteiger partial charge in [0.15, 0.2) is 0 Å². The first kappa shape index (κ1) is 14.4. The van der Waals surface area contributed by atoms with Crippen molar-refractivity contribution in [3.8, 4) is 0 Å². The maximum Gasteiger partial charge on any atom is 0.406 e. The molecule has 0 aliphatic heterocycles. The molecule has 0 rings (SSSR count). The van der Waals surface area contributed by atoms with Crippen LogP contribution in [0.5, 0.6) is 0 Å². The third-order valence-corrected chi connectivity index (χ3v) is 2.42. The summed E-state index contributed by atoms with van der Waals surface area (Å²) < 4.78 is 5.16. The van der Waals surface area contributed by atoms with Gasteiger partial charge in [0.1, 0.15) is 21.3 Å². The Kier molecular flexibility index (Phi) is 3.91. The van der Waals surface area contributed by atoms with Gasteiger partial charge in [0.25, 0.3) is 0 Å². The maximum absolute atomic E-state index is 11.5. The van der Waals surface area contributed by atoms with Crippen molar-refractivity contribution >= 4 is 21.8 Å². The van der Waals surface area contributed by atoms with Gasteiger partial charge in [0, 0.05) is 5.54 Å². The largest absolute Gasteiger partial charge is 0.444 e. The normalized spacial score (nSPS) is 13.5. The van der Waals surface area contributed by atoms with E-state index in [0.29, 0.717) is 0 Å². The second-order valence-electron chi connectivity index (χ2n) is 5.97. The number of rotatable bonds is 2. The molecule has 0 heterocycles. The van der Waals surface area contributed by atoms with Gasteiger partial charge in [-0.15, -0.1) is 0 Å². The van der Waals surface area contributed by atoms with Crippen LogP contribution >= 0.6 is 0 Å². The molecule has 0 bridgehead atoms. The number of carbonyl (C=O) groups excluding carboxylic acids is 1. The minimum Gasteiger partial charge on any atom is -0.444 e. The van der Waals surface area contributed by atoms with Crippen LogP contribution in [0.1, 0.15) is 34.6 Å². The van der Waals surface area contributed by atoms with Crippen molar-refractivity contribution in [1.82, 2.24) is 5.32 Å². The van der Waals surface area contributed by atoms with Gasteiger partial charge in [-0.1, -0.05) is 0 Å². The van der Waals surface area contributed by atoms with Crippen molar-refractivity contribution in [3.63, 3.8) is 0 Å². The monoisotopic (exact) mass is 212 g/mol. The van der Waals surface area contributed by atoms with Crippen molar-refractivity contribution in [2.45, 2.75) is 51.1 Å². The van der Waals surface area contributed by atoms with Crippen LogP contribution in [0.2, 0.25) is 0 Å². The number of ether oxygens (including phenoxy) is 1. The van der Waals surface area contributed by atoms with Crippen molar-refractivity contribution in [3.05, 3.63) is 0 Å². The average molecular weight is 212 g/mol. The van der Waals surface area contributed by atoms with E-state index in [0.717, 1.165) is 0 Å². The van der Waals surface area contributed by atoms with Gasteiger partial charge in [0.05, 0.1) is 0 Å². The van der Waals surface area contributed by atoms with Crippen LogP contribution in [-0.4, -0.2) is 38.3 Å². The van der Waals surface area contributed by atoms with Gasteiger partial charge >= 0.3 is 6.09 Å². The molecule has 0 aromatic rings. The van der Waals surface area contributed by atoms with Crippen molar-refractivity contribution in [2.24, 2.45) is 5.73 Å². The van der Waals surface area contributed by atoms with Gasteiger partial charge in [0.2, 0.25) is 0 Å². The number of hydrogen-bond donors (Lipinski definition) is 2. The average Bonchev–Trinajstić information content (AvgIpc) is 1.75. The molecule has 1 amide bonds. The summed E-state index contributed by atoms with van der Waals surface area (Å²) in [4.78, 5) is 11.5. The zero-order valence-corrected chi connectivity index (χ0v) is 10.9. The van der Waals surface area contributed by atoms with Crippen LogP contribution in [0.3, 0.4) is 0 Å². The number of carbonyl (C=O) groups is 1. The van der Waals surface area contributed by atoms with Crippen LogP contribution in [0.25, 0.3) is 0 Å². The van der Waals surface area contributed by atoms with Crippen LogP contribution in [0.4, 0.5) is 4.79 Å². The third-order valence-electron chi connectivity index (χ3n) is 2.42. The topological polar surface area (TPSA) is 64.3 Å². The molecule has 0 spiro atoms. The molecule has 0 aromatic carbocycles. The molecule has 0 saturated heterocycles. The quantitative estimate of drug-likeness (QED) is 0.587. The highest BCUT2D eigenvalue weighted by Crippen LogP contribution is 2.13. The van der Waals surface area contributed by atoms with Crippen molar-refractivity contribution < 1.29 is 9.53 Å². The lowest BCUT2D eigenvalue weighted by Crippen LogP contribution is -2.67. The summed E-state index contributed by atoms with van der Waals surface area (Å²) in [7, 11) is 3.74. The van der Waals surface area contributed by atoms with E-state index in [2.05, 4.69) is 5.32 Å². The summed E-state index contributed by atoms with van der Waals surface area (Å²) in [5.41, 5.74) is 4.96. The van der Waals surface area contributed by atoms with E-state index in [1.165, 1.54) is 0 Å². The minimum absolute atomic E-state index is 0.439. The second-order valence-corrected chi connectivity index (χ2v) is 5.97. The van der Waals surface area contributed by atoms with E-state index in [1.807, 2.05) is 50.3 Å². The fraction of sp³-hybridized carbons (Fsp3) is 0.889. The number of amides is 1. The summed E-state index contributed by atoms with van der Waals surface area (Å²) in [5.74, 6) is 0. The van der Waals surface area contributed by atoms with Gasteiger partial charge in [-0.25, -0.2) is 4.79 Å². The lowest BCUT2D eigenvalue weighted by atomic mass is 9.53. The Labute approximate surface area is 94.1 Å². The molecule has 86 valence electrons. The first-order chi connectivity index (χ1) is 6.35. The van der Waals surface area contributed by atoms with Crippen LogP contribution in [0, 0.1) is 0 Å². The Balaban J connectivity index is 4.43. The van der Waals surface area contributed by atoms with Gasteiger partial charge < -0.3 is 15.8 Å². The standard InChI is InChI=1S/C9H22B2N2O2/c1-7(2,3)15-6(14)13-9(10,11)8(4,5)12/h10-12H2,1-5H3,(H,13,14). The Bertz CT molecular complexity index is 241. The number of hydrogen-bond acceptors (Lipinski definition) is 3. The zero-order valence-electron chi connectivity index (χ0n) is 10.9. The van der Waals surface area contributed by atoms with E-state index in [1.54, 1.807) is 0 Å². The Morgan fingerprint density at radius 1 is 1.20 bits per heavy atom. The highest BCUT2D eigenvalue weighted by atomic mass is 16.6. The molecule has 0 unspecified atom stereocenters. The molecular formula is C9H22B2N2O2. The van der Waals surface area contributed by atoms with Crippen molar-refractivity contribution in [2.75, 3.05) is 0 Å². The first-order valence-electron chi connectivity index (χ1n) is 5.15. The van der Waals surface area contributed by atoms with Gasteiger partial charge in [-0.2, -0.15) is 0 Å². The summed E-state index contributed by atoms with van der Waals surface area (Å²) in [6, 6.07) is 0. The molecular weight excluding hydrogens is 190 g/mol. The minimum atomic E-state index is -0.519. The number of nitrogens with two attached hydrogens (primary N) is 1. The Morgan fingerprint density at radius 2 is 1.60 bits per heavy atom. The van der Waals surface area contributed by atoms with Gasteiger partial charge in [-0.3, -0.25) is 0 Å². The molecule has 6 heteroatoms. The SMILES string of the molecule is BC(B)(NC(=O)OC(C)(C)C)C(C)(C)N. The van der Waals surface area contributed by atoms with E-state index in [9.17, 15) is 4.79 Å². The lowest BCUT2D eigenvalue weighted by molar-refractivity contribution is 0.0494. The third kappa shape index (κ3) is 5.11. The zero-order chi connectivity index (χ0) is 12.5. The van der Waals surface area contributed by atoms with Crippen LogP contribution in [0.15, 0.2) is 0 Å². The van der Waals surface area contributed by atoms with E-state index in [4.69, 9.17) is 10.5 Å². The molecule has 0 saturated carbocycles. The Hall–Kier alpha value is -0.640. The molecule has 0 radical (unpaired) electrons. The summed E-state index contributed by atoms with van der Waals surface area (Å²) in [5, 5.41) is 2.25. The first-order valence-corrected chi connectivity index (χ1v) is 5.15. The Morgan fingerprint density at radius 3 is 1.87 bits per heavy atom. The molecule has 0 aliphatic rings. The molecule has 0 aliphatic carbocycles. The predicted octanol–water partition coefficient (Wildman–Crippen LogP) is -0.832. The highest BCUT2D eigenvalue weighted by molar-refractivity contribution is 6.41. The van der Waals surface area contributed by atoms with E-state index < -0.39 is 22.6 Å². The predicted molar refractivity (Wildman–Crippen MR) is 67.5 cm³/mol. The molecule has 0 atom stereocenters. The maximum atomic E-state index is 11.5. The number of nitrogens with one attached hydrogen (secondary N) is 1.